The lowest BCUT2D eigenvalue weighted by Gasteiger charge is -2.15. The van der Waals surface area contributed by atoms with Crippen LogP contribution >= 0.6 is 0 Å². The Kier molecular flexibility index (Phi) is 3.43. The fourth-order valence-corrected chi connectivity index (χ4v) is 1.17. The third-order valence-corrected chi connectivity index (χ3v) is 2.02. The van der Waals surface area contributed by atoms with Gasteiger partial charge < -0.3 is 15.6 Å². The number of halogens is 1. The second-order valence-corrected chi connectivity index (χ2v) is 3.20. The highest BCUT2D eigenvalue weighted by Gasteiger charge is 2.14. The highest BCUT2D eigenvalue weighted by atomic mass is 19.1. The molecule has 0 aliphatic carbocycles. The van der Waals surface area contributed by atoms with Crippen LogP contribution in [-0.4, -0.2) is 18.3 Å². The fourth-order valence-electron chi connectivity index (χ4n) is 1.17. The van der Waals surface area contributed by atoms with Gasteiger partial charge in [0.1, 0.15) is 0 Å². The van der Waals surface area contributed by atoms with Gasteiger partial charge in [0.25, 0.3) is 0 Å². The van der Waals surface area contributed by atoms with E-state index in [-0.39, 0.29) is 5.75 Å². The average Bonchev–Trinajstić information content (AvgIpc) is 2.16. The van der Waals surface area contributed by atoms with E-state index in [1.54, 1.807) is 13.0 Å². The maximum Gasteiger partial charge on any atom is 0.165 e. The molecule has 0 spiro atoms. The molecule has 0 bridgehead atoms. The zero-order chi connectivity index (χ0) is 10.7. The summed E-state index contributed by atoms with van der Waals surface area (Å²) in [5.74, 6) is -0.338. The van der Waals surface area contributed by atoms with Gasteiger partial charge in [-0.15, -0.1) is 0 Å². The van der Waals surface area contributed by atoms with Crippen LogP contribution in [-0.2, 0) is 0 Å². The highest BCUT2D eigenvalue weighted by Crippen LogP contribution is 2.22. The molecule has 0 fully saturated rings. The summed E-state index contributed by atoms with van der Waals surface area (Å²) in [6.07, 6.45) is -0.851. The van der Waals surface area contributed by atoms with Crippen LogP contribution in [0.2, 0.25) is 0 Å². The Morgan fingerprint density at radius 1 is 1.50 bits per heavy atom. The molecule has 0 radical (unpaired) electrons. The molecule has 0 saturated heterocycles. The van der Waals surface area contributed by atoms with Crippen LogP contribution < -0.4 is 10.5 Å². The second kappa shape index (κ2) is 4.39. The van der Waals surface area contributed by atoms with Gasteiger partial charge in [-0.3, -0.25) is 0 Å². The minimum Gasteiger partial charge on any atom is -0.494 e. The molecule has 3 nitrogen and oxygen atoms in total. The molecule has 1 rings (SSSR count). The SMILES string of the molecule is COc1ccc([C@H](O)[C@@H](C)N)cc1F. The smallest absolute Gasteiger partial charge is 0.165 e. The largest absolute Gasteiger partial charge is 0.494 e. The molecule has 0 heterocycles. The van der Waals surface area contributed by atoms with E-state index < -0.39 is 18.0 Å². The number of aliphatic hydroxyl groups is 1. The van der Waals surface area contributed by atoms with Crippen molar-refractivity contribution in [3.05, 3.63) is 29.6 Å². The first-order chi connectivity index (χ1) is 6.56. The zero-order valence-corrected chi connectivity index (χ0v) is 8.20. The second-order valence-electron chi connectivity index (χ2n) is 3.20. The van der Waals surface area contributed by atoms with Crippen LogP contribution in [0.5, 0.6) is 5.75 Å². The lowest BCUT2D eigenvalue weighted by Crippen LogP contribution is -2.24. The van der Waals surface area contributed by atoms with Gasteiger partial charge in [0, 0.05) is 6.04 Å². The summed E-state index contributed by atoms with van der Waals surface area (Å²) in [4.78, 5) is 0. The van der Waals surface area contributed by atoms with E-state index in [0.29, 0.717) is 5.56 Å². The molecular weight excluding hydrogens is 185 g/mol. The minimum absolute atomic E-state index is 0.158. The minimum atomic E-state index is -0.851. The van der Waals surface area contributed by atoms with Crippen molar-refractivity contribution in [2.24, 2.45) is 5.73 Å². The van der Waals surface area contributed by atoms with Crippen molar-refractivity contribution in [3.8, 4) is 5.75 Å². The Morgan fingerprint density at radius 3 is 2.57 bits per heavy atom. The van der Waals surface area contributed by atoms with Gasteiger partial charge in [0.05, 0.1) is 13.2 Å². The van der Waals surface area contributed by atoms with E-state index in [1.807, 2.05) is 0 Å². The Morgan fingerprint density at radius 2 is 2.14 bits per heavy atom. The van der Waals surface area contributed by atoms with Gasteiger partial charge in [-0.25, -0.2) is 4.39 Å². The molecular formula is C10H14FNO2. The molecule has 0 unspecified atom stereocenters. The van der Waals surface area contributed by atoms with E-state index >= 15 is 0 Å². The van der Waals surface area contributed by atoms with Crippen molar-refractivity contribution in [3.63, 3.8) is 0 Å². The number of rotatable bonds is 3. The molecule has 1 aromatic carbocycles. The number of benzene rings is 1. The molecule has 14 heavy (non-hydrogen) atoms. The topological polar surface area (TPSA) is 55.5 Å². The fraction of sp³-hybridized carbons (Fsp3) is 0.400. The van der Waals surface area contributed by atoms with Gasteiger partial charge in [-0.1, -0.05) is 6.07 Å². The van der Waals surface area contributed by atoms with E-state index in [2.05, 4.69) is 0 Å². The van der Waals surface area contributed by atoms with Crippen LogP contribution in [0.4, 0.5) is 4.39 Å². The van der Waals surface area contributed by atoms with Crippen LogP contribution in [0, 0.1) is 5.82 Å². The molecule has 2 atom stereocenters. The van der Waals surface area contributed by atoms with Gasteiger partial charge in [0.2, 0.25) is 0 Å². The van der Waals surface area contributed by atoms with Crippen LogP contribution in [0.3, 0.4) is 0 Å². The van der Waals surface area contributed by atoms with E-state index in [4.69, 9.17) is 10.5 Å². The third-order valence-electron chi connectivity index (χ3n) is 2.02. The average molecular weight is 199 g/mol. The lowest BCUT2D eigenvalue weighted by atomic mass is 10.0. The van der Waals surface area contributed by atoms with Crippen molar-refractivity contribution >= 4 is 0 Å². The molecule has 0 amide bonds. The Hall–Kier alpha value is -1.13. The third kappa shape index (κ3) is 2.21. The standard InChI is InChI=1S/C10H14FNO2/c1-6(12)10(13)7-3-4-9(14-2)8(11)5-7/h3-6,10,13H,12H2,1-2H3/t6-,10-/m1/s1. The van der Waals surface area contributed by atoms with Crippen LogP contribution in [0.1, 0.15) is 18.6 Å². The summed E-state index contributed by atoms with van der Waals surface area (Å²) in [6, 6.07) is 3.86. The number of nitrogens with two attached hydrogens (primary N) is 1. The van der Waals surface area contributed by atoms with E-state index in [1.165, 1.54) is 19.2 Å². The maximum atomic E-state index is 13.2. The molecule has 0 aliphatic heterocycles. The van der Waals surface area contributed by atoms with Crippen molar-refractivity contribution in [2.45, 2.75) is 19.1 Å². The summed E-state index contributed by atoms with van der Waals surface area (Å²) in [5.41, 5.74) is 5.94. The van der Waals surface area contributed by atoms with Crippen molar-refractivity contribution in [2.75, 3.05) is 7.11 Å². The predicted octanol–water partition coefficient (Wildman–Crippen LogP) is 1.21. The molecule has 0 saturated carbocycles. The van der Waals surface area contributed by atoms with Crippen molar-refractivity contribution in [1.29, 1.82) is 0 Å². The van der Waals surface area contributed by atoms with E-state index in [9.17, 15) is 9.50 Å². The zero-order valence-electron chi connectivity index (χ0n) is 8.20. The molecule has 0 aliphatic rings. The van der Waals surface area contributed by atoms with Gasteiger partial charge in [0.15, 0.2) is 11.6 Å². The van der Waals surface area contributed by atoms with Gasteiger partial charge in [-0.05, 0) is 24.6 Å². The molecule has 4 heteroatoms. The highest BCUT2D eigenvalue weighted by molar-refractivity contribution is 5.30. The number of methoxy groups -OCH3 is 1. The predicted molar refractivity (Wildman–Crippen MR) is 51.6 cm³/mol. The summed E-state index contributed by atoms with van der Waals surface area (Å²) >= 11 is 0. The Balaban J connectivity index is 2.96. The van der Waals surface area contributed by atoms with Crippen molar-refractivity contribution in [1.82, 2.24) is 0 Å². The molecule has 0 aromatic heterocycles. The van der Waals surface area contributed by atoms with E-state index in [0.717, 1.165) is 0 Å². The number of ether oxygens (including phenoxy) is 1. The first kappa shape index (κ1) is 10.9. The van der Waals surface area contributed by atoms with Crippen LogP contribution in [0.25, 0.3) is 0 Å². The normalized spacial score (nSPS) is 14.9. The quantitative estimate of drug-likeness (QED) is 0.769. The number of hydrogen-bond donors (Lipinski definition) is 2. The number of aliphatic hydroxyl groups excluding tert-OH is 1. The summed E-state index contributed by atoms with van der Waals surface area (Å²) in [5, 5.41) is 9.55. The number of hydrogen-bond acceptors (Lipinski definition) is 3. The summed E-state index contributed by atoms with van der Waals surface area (Å²) in [6.45, 7) is 1.66. The monoisotopic (exact) mass is 199 g/mol. The first-order valence-corrected chi connectivity index (χ1v) is 4.33. The molecule has 1 aromatic rings. The maximum absolute atomic E-state index is 13.2. The van der Waals surface area contributed by atoms with Crippen LogP contribution in [0.15, 0.2) is 18.2 Å². The lowest BCUT2D eigenvalue weighted by molar-refractivity contribution is 0.153. The summed E-state index contributed by atoms with van der Waals surface area (Å²) < 4.78 is 17.9. The molecule has 78 valence electrons. The molecule has 3 N–H and O–H groups in total. The Bertz CT molecular complexity index is 315. The van der Waals surface area contributed by atoms with Gasteiger partial charge >= 0.3 is 0 Å². The van der Waals surface area contributed by atoms with Crippen molar-refractivity contribution < 1.29 is 14.2 Å². The Labute approximate surface area is 82.3 Å². The summed E-state index contributed by atoms with van der Waals surface area (Å²) in [7, 11) is 1.39. The van der Waals surface area contributed by atoms with Gasteiger partial charge in [-0.2, -0.15) is 0 Å². The first-order valence-electron chi connectivity index (χ1n) is 4.33.